The summed E-state index contributed by atoms with van der Waals surface area (Å²) in [5.74, 6) is -0.802. The molecule has 1 N–H and O–H groups in total. The molecule has 7 heteroatoms. The Balaban J connectivity index is 2.01. The second-order valence-corrected chi connectivity index (χ2v) is 4.47. The monoisotopic (exact) mass is 303 g/mol. The summed E-state index contributed by atoms with van der Waals surface area (Å²) in [5.41, 5.74) is 0.562. The quantitative estimate of drug-likeness (QED) is 0.790. The maximum Gasteiger partial charge on any atom is 0.342 e. The van der Waals surface area contributed by atoms with Crippen LogP contribution < -0.4 is 5.32 Å². The predicted octanol–water partition coefficient (Wildman–Crippen LogP) is 3.28. The molecule has 0 saturated heterocycles. The van der Waals surface area contributed by atoms with E-state index in [0.29, 0.717) is 11.5 Å². The van der Waals surface area contributed by atoms with Crippen LogP contribution in [0.5, 0.6) is 0 Å². The van der Waals surface area contributed by atoms with Crippen LogP contribution in [-0.2, 0) is 0 Å². The molecule has 0 atom stereocenters. The van der Waals surface area contributed by atoms with Crippen molar-refractivity contribution in [2.75, 3.05) is 7.05 Å². The van der Waals surface area contributed by atoms with Gasteiger partial charge in [0.15, 0.2) is 5.76 Å². The highest BCUT2D eigenvalue weighted by Gasteiger charge is 2.16. The van der Waals surface area contributed by atoms with Crippen LogP contribution in [0.4, 0.5) is 13.6 Å². The first-order valence-electron chi connectivity index (χ1n) is 6.42. The molecule has 1 amide bonds. The Hall–Kier alpha value is -2.96. The Labute approximate surface area is 124 Å². The Kier molecular flexibility index (Phi) is 3.46. The molecule has 2 aromatic heterocycles. The number of carbonyl (C=O) groups excluding carboxylic acids is 1. The van der Waals surface area contributed by atoms with Gasteiger partial charge in [-0.2, -0.15) is 9.78 Å². The topological polar surface area (TPSA) is 60.1 Å². The van der Waals surface area contributed by atoms with Crippen molar-refractivity contribution in [3.63, 3.8) is 0 Å². The van der Waals surface area contributed by atoms with Crippen molar-refractivity contribution < 1.29 is 18.0 Å². The van der Waals surface area contributed by atoms with E-state index in [-0.39, 0.29) is 11.3 Å². The molecule has 5 nitrogen and oxygen atoms in total. The highest BCUT2D eigenvalue weighted by atomic mass is 19.1. The Bertz CT molecular complexity index is 839. The van der Waals surface area contributed by atoms with E-state index >= 15 is 0 Å². The van der Waals surface area contributed by atoms with Crippen LogP contribution in [-0.4, -0.2) is 22.9 Å². The van der Waals surface area contributed by atoms with Gasteiger partial charge in [0.1, 0.15) is 23.1 Å². The summed E-state index contributed by atoms with van der Waals surface area (Å²) in [6.07, 6.45) is 1.45. The minimum Gasteiger partial charge on any atom is -0.454 e. The first-order chi connectivity index (χ1) is 10.6. The van der Waals surface area contributed by atoms with Gasteiger partial charge < -0.3 is 9.73 Å². The fourth-order valence-electron chi connectivity index (χ4n) is 2.07. The fraction of sp³-hybridized carbons (Fsp3) is 0.0667. The number of hydrogen-bond acceptors (Lipinski definition) is 3. The molecule has 0 spiro atoms. The number of amides is 1. The number of aromatic nitrogens is 2. The van der Waals surface area contributed by atoms with Gasteiger partial charge in [0.25, 0.3) is 0 Å². The Morgan fingerprint density at radius 3 is 2.68 bits per heavy atom. The van der Waals surface area contributed by atoms with Crippen LogP contribution in [0.2, 0.25) is 0 Å². The number of nitrogens with one attached hydrogen (secondary N) is 1. The van der Waals surface area contributed by atoms with E-state index in [0.717, 1.165) is 16.8 Å². The van der Waals surface area contributed by atoms with Crippen LogP contribution in [0.1, 0.15) is 0 Å². The molecule has 0 unspecified atom stereocenters. The molecule has 22 heavy (non-hydrogen) atoms. The average Bonchev–Trinajstić information content (AvgIpc) is 3.14. The number of nitrogens with zero attached hydrogens (tertiary/aromatic N) is 2. The summed E-state index contributed by atoms with van der Waals surface area (Å²) in [6.45, 7) is 0. The molecule has 2 heterocycles. The van der Waals surface area contributed by atoms with Crippen LogP contribution in [0.3, 0.4) is 0 Å². The third kappa shape index (κ3) is 2.37. The second kappa shape index (κ2) is 5.44. The lowest BCUT2D eigenvalue weighted by atomic mass is 10.1. The maximum atomic E-state index is 13.8. The Morgan fingerprint density at radius 1 is 1.18 bits per heavy atom. The summed E-state index contributed by atoms with van der Waals surface area (Å²) < 4.78 is 33.4. The number of furan rings is 1. The number of benzene rings is 1. The molecule has 0 aliphatic carbocycles. The van der Waals surface area contributed by atoms with Gasteiger partial charge in [0.2, 0.25) is 0 Å². The van der Waals surface area contributed by atoms with E-state index in [2.05, 4.69) is 10.4 Å². The number of rotatable bonds is 2. The smallest absolute Gasteiger partial charge is 0.342 e. The van der Waals surface area contributed by atoms with E-state index < -0.39 is 17.7 Å². The van der Waals surface area contributed by atoms with Crippen molar-refractivity contribution in [1.82, 2.24) is 15.1 Å². The van der Waals surface area contributed by atoms with Gasteiger partial charge >= 0.3 is 6.03 Å². The third-order valence-corrected chi connectivity index (χ3v) is 3.10. The van der Waals surface area contributed by atoms with Crippen molar-refractivity contribution in [2.24, 2.45) is 0 Å². The summed E-state index contributed by atoms with van der Waals surface area (Å²) in [6, 6.07) is 7.54. The van der Waals surface area contributed by atoms with Crippen molar-refractivity contribution in [3.05, 3.63) is 54.2 Å². The normalized spacial score (nSPS) is 10.7. The number of carbonyl (C=O) groups is 1. The highest BCUT2D eigenvalue weighted by molar-refractivity contribution is 5.80. The van der Waals surface area contributed by atoms with Gasteiger partial charge in [0, 0.05) is 13.1 Å². The lowest BCUT2D eigenvalue weighted by Gasteiger charge is -2.03. The molecule has 3 aromatic rings. The van der Waals surface area contributed by atoms with E-state index in [1.54, 1.807) is 18.2 Å². The second-order valence-electron chi connectivity index (χ2n) is 4.47. The lowest BCUT2D eigenvalue weighted by Crippen LogP contribution is -2.25. The third-order valence-electron chi connectivity index (χ3n) is 3.10. The molecule has 1 aromatic carbocycles. The van der Waals surface area contributed by atoms with E-state index in [9.17, 15) is 13.6 Å². The molecule has 0 radical (unpaired) electrons. The largest absolute Gasteiger partial charge is 0.454 e. The van der Waals surface area contributed by atoms with E-state index in [4.69, 9.17) is 4.42 Å². The van der Waals surface area contributed by atoms with Gasteiger partial charge in [-0.15, -0.1) is 0 Å². The highest BCUT2D eigenvalue weighted by Crippen LogP contribution is 2.30. The summed E-state index contributed by atoms with van der Waals surface area (Å²) in [7, 11) is 1.48. The van der Waals surface area contributed by atoms with Crippen LogP contribution in [0.25, 0.3) is 22.8 Å². The predicted molar refractivity (Wildman–Crippen MR) is 75.1 cm³/mol. The zero-order valence-corrected chi connectivity index (χ0v) is 11.5. The fourth-order valence-corrected chi connectivity index (χ4v) is 2.07. The molecule has 112 valence electrons. The molecule has 0 fully saturated rings. The zero-order valence-electron chi connectivity index (χ0n) is 11.5. The van der Waals surface area contributed by atoms with Gasteiger partial charge in [0.05, 0.1) is 11.8 Å². The first-order valence-corrected chi connectivity index (χ1v) is 6.42. The summed E-state index contributed by atoms with van der Waals surface area (Å²) >= 11 is 0. The van der Waals surface area contributed by atoms with E-state index in [1.807, 2.05) is 0 Å². The van der Waals surface area contributed by atoms with Gasteiger partial charge in [-0.05, 0) is 30.3 Å². The lowest BCUT2D eigenvalue weighted by molar-refractivity contribution is 0.242. The van der Waals surface area contributed by atoms with Crippen molar-refractivity contribution in [2.45, 2.75) is 0 Å². The molecule has 3 rings (SSSR count). The number of halogens is 2. The van der Waals surface area contributed by atoms with Crippen molar-refractivity contribution in [1.29, 1.82) is 0 Å². The van der Waals surface area contributed by atoms with Crippen molar-refractivity contribution in [3.8, 4) is 22.8 Å². The molecule has 0 saturated carbocycles. The van der Waals surface area contributed by atoms with E-state index in [1.165, 1.54) is 19.3 Å². The number of hydrogen-bond donors (Lipinski definition) is 1. The first kappa shape index (κ1) is 14.0. The summed E-state index contributed by atoms with van der Waals surface area (Å²) in [4.78, 5) is 11.7. The Morgan fingerprint density at radius 2 is 1.95 bits per heavy atom. The maximum absolute atomic E-state index is 13.8. The minimum absolute atomic E-state index is 0.138. The molecular weight excluding hydrogens is 292 g/mol. The van der Waals surface area contributed by atoms with Crippen LogP contribution in [0, 0.1) is 11.6 Å². The molecular formula is C15H11F2N3O2. The van der Waals surface area contributed by atoms with Crippen LogP contribution in [0.15, 0.2) is 47.0 Å². The van der Waals surface area contributed by atoms with Gasteiger partial charge in [-0.1, -0.05) is 0 Å². The minimum atomic E-state index is -0.722. The van der Waals surface area contributed by atoms with Crippen molar-refractivity contribution >= 4 is 6.03 Å². The summed E-state index contributed by atoms with van der Waals surface area (Å²) in [5, 5.41) is 6.35. The van der Waals surface area contributed by atoms with Gasteiger partial charge in [-0.25, -0.2) is 13.6 Å². The SMILES string of the molecule is CNC(=O)n1nccc1-c1ccc(-c2ccc(F)cc2F)o1. The van der Waals surface area contributed by atoms with Crippen LogP contribution >= 0.6 is 0 Å². The zero-order chi connectivity index (χ0) is 15.7. The average molecular weight is 303 g/mol. The van der Waals surface area contributed by atoms with Gasteiger partial charge in [-0.3, -0.25) is 0 Å². The molecule has 0 aliphatic heterocycles. The molecule has 0 bridgehead atoms. The standard InChI is InChI=1S/C15H11F2N3O2/c1-18-15(21)20-12(6-7-19-20)14-5-4-13(22-14)10-3-2-9(16)8-11(10)17/h2-8H,1H3,(H,18,21). The molecule has 0 aliphatic rings.